The Balaban J connectivity index is 1.36. The van der Waals surface area contributed by atoms with Crippen molar-refractivity contribution in [3.05, 3.63) is 139 Å². The smallest absolute Gasteiger partial charge is 0.235 e. The second kappa shape index (κ2) is 9.12. The standard InChI is InChI=1S/C42H22N6/c43-23-24-9-7-12-27(19-24)39-40-32(15-8-18-44-40)45-42(46-39)48-34-17-6-4-14-29(34)37-36(48)22-30-28-13-3-5-16-33(28)47-35-21-26-11-2-1-10-25(26)20-31(35)38(37)41(30)47/h1-22H. The second-order valence-electron chi connectivity index (χ2n) is 12.4. The monoisotopic (exact) mass is 610 g/mol. The van der Waals surface area contributed by atoms with Gasteiger partial charge in [0.05, 0.1) is 44.7 Å². The molecule has 0 bridgehead atoms. The minimum atomic E-state index is 0.561. The van der Waals surface area contributed by atoms with Crippen molar-refractivity contribution < 1.29 is 0 Å². The van der Waals surface area contributed by atoms with Gasteiger partial charge < -0.3 is 4.40 Å². The van der Waals surface area contributed by atoms with E-state index in [0.717, 1.165) is 27.5 Å². The zero-order valence-electron chi connectivity index (χ0n) is 25.4. The first kappa shape index (κ1) is 25.4. The minimum Gasteiger partial charge on any atom is -0.308 e. The Labute approximate surface area is 272 Å². The molecule has 0 N–H and O–H groups in total. The second-order valence-corrected chi connectivity index (χ2v) is 12.4. The number of para-hydroxylation sites is 2. The predicted octanol–water partition coefficient (Wildman–Crippen LogP) is 9.96. The lowest BCUT2D eigenvalue weighted by Crippen LogP contribution is -2.04. The fourth-order valence-electron chi connectivity index (χ4n) is 7.91. The maximum Gasteiger partial charge on any atom is 0.235 e. The Morgan fingerprint density at radius 3 is 2.23 bits per heavy atom. The van der Waals surface area contributed by atoms with Crippen molar-refractivity contribution in [2.24, 2.45) is 0 Å². The molecule has 0 aliphatic carbocycles. The third-order valence-corrected chi connectivity index (χ3v) is 9.88. The summed E-state index contributed by atoms with van der Waals surface area (Å²) in [6.07, 6.45) is 1.76. The van der Waals surface area contributed by atoms with Gasteiger partial charge in [-0.1, -0.05) is 72.8 Å². The molecule has 0 saturated heterocycles. The van der Waals surface area contributed by atoms with Crippen LogP contribution < -0.4 is 0 Å². The number of fused-ring (bicyclic) bond motifs is 12. The summed E-state index contributed by atoms with van der Waals surface area (Å²) in [4.78, 5) is 15.1. The van der Waals surface area contributed by atoms with Gasteiger partial charge in [-0.15, -0.1) is 0 Å². The van der Waals surface area contributed by atoms with Crippen LogP contribution >= 0.6 is 0 Å². The summed E-state index contributed by atoms with van der Waals surface area (Å²) in [6.45, 7) is 0. The molecule has 0 aliphatic heterocycles. The van der Waals surface area contributed by atoms with E-state index in [0.29, 0.717) is 22.7 Å². The van der Waals surface area contributed by atoms with E-state index in [1.165, 1.54) is 54.3 Å². The molecule has 0 saturated carbocycles. The fraction of sp³-hybridized carbons (Fsp3) is 0. The molecule has 6 heteroatoms. The molecular formula is C42H22N6. The molecule has 6 nitrogen and oxygen atoms in total. The molecule has 11 aromatic rings. The molecule has 0 aliphatic rings. The lowest BCUT2D eigenvalue weighted by molar-refractivity contribution is 1.01. The van der Waals surface area contributed by atoms with Crippen LogP contribution in [-0.4, -0.2) is 23.9 Å². The average molecular weight is 611 g/mol. The summed E-state index contributed by atoms with van der Waals surface area (Å²) in [5.74, 6) is 0.561. The van der Waals surface area contributed by atoms with Gasteiger partial charge >= 0.3 is 0 Å². The zero-order valence-corrected chi connectivity index (χ0v) is 25.4. The number of rotatable bonds is 2. The van der Waals surface area contributed by atoms with Crippen molar-refractivity contribution in [2.45, 2.75) is 0 Å². The molecule has 5 heterocycles. The van der Waals surface area contributed by atoms with Crippen molar-refractivity contribution in [3.8, 4) is 23.3 Å². The number of pyridine rings is 1. The van der Waals surface area contributed by atoms with Gasteiger partial charge in [0.25, 0.3) is 0 Å². The van der Waals surface area contributed by atoms with Crippen LogP contribution in [0.15, 0.2) is 134 Å². The van der Waals surface area contributed by atoms with Crippen LogP contribution in [-0.2, 0) is 0 Å². The number of nitrogens with zero attached hydrogens (tertiary/aromatic N) is 6. The Hall–Kier alpha value is -6.84. The zero-order chi connectivity index (χ0) is 31.5. The number of hydrogen-bond acceptors (Lipinski definition) is 4. The van der Waals surface area contributed by atoms with Crippen LogP contribution in [0.3, 0.4) is 0 Å². The molecule has 0 unspecified atom stereocenters. The molecule has 0 fully saturated rings. The maximum atomic E-state index is 9.69. The Kier molecular flexibility index (Phi) is 4.82. The SMILES string of the molecule is N#Cc1cccc(-c2nc(-n3c4ccccc4c4c5c6cc7ccccc7cc6n6c7ccccc7c(cc43)c56)nc3cccnc23)c1. The van der Waals surface area contributed by atoms with E-state index in [1.54, 1.807) is 12.3 Å². The van der Waals surface area contributed by atoms with E-state index in [9.17, 15) is 5.26 Å². The molecule has 6 aromatic carbocycles. The molecule has 0 atom stereocenters. The first-order valence-corrected chi connectivity index (χ1v) is 15.9. The first-order chi connectivity index (χ1) is 23.8. The van der Waals surface area contributed by atoms with E-state index in [2.05, 4.69) is 106 Å². The number of aromatic nitrogens is 5. The normalized spacial score (nSPS) is 12.1. The third-order valence-electron chi connectivity index (χ3n) is 9.88. The lowest BCUT2D eigenvalue weighted by atomic mass is 10.0. The van der Waals surface area contributed by atoms with E-state index >= 15 is 0 Å². The summed E-state index contributed by atoms with van der Waals surface area (Å²) in [5, 5.41) is 19.3. The van der Waals surface area contributed by atoms with Gasteiger partial charge in [-0.2, -0.15) is 5.26 Å². The molecule has 0 radical (unpaired) electrons. The van der Waals surface area contributed by atoms with Crippen LogP contribution in [0.1, 0.15) is 5.56 Å². The maximum absolute atomic E-state index is 9.69. The highest BCUT2D eigenvalue weighted by molar-refractivity contribution is 6.36. The van der Waals surface area contributed by atoms with Crippen molar-refractivity contribution in [1.29, 1.82) is 5.26 Å². The van der Waals surface area contributed by atoms with E-state index < -0.39 is 0 Å². The molecule has 0 spiro atoms. The highest BCUT2D eigenvalue weighted by Gasteiger charge is 2.25. The Bertz CT molecular complexity index is 3200. The number of benzene rings is 6. The van der Waals surface area contributed by atoms with Crippen LogP contribution in [0.2, 0.25) is 0 Å². The van der Waals surface area contributed by atoms with Crippen LogP contribution in [0.25, 0.3) is 98.9 Å². The molecule has 0 amide bonds. The van der Waals surface area contributed by atoms with Crippen LogP contribution in [0.5, 0.6) is 0 Å². The van der Waals surface area contributed by atoms with Gasteiger partial charge in [0.1, 0.15) is 11.2 Å². The topological polar surface area (TPSA) is 71.8 Å². The third kappa shape index (κ3) is 3.22. The molecule has 220 valence electrons. The van der Waals surface area contributed by atoms with Crippen molar-refractivity contribution >= 4 is 81.7 Å². The van der Waals surface area contributed by atoms with Gasteiger partial charge in [-0.3, -0.25) is 9.55 Å². The number of hydrogen-bond donors (Lipinski definition) is 0. The van der Waals surface area contributed by atoms with E-state index in [4.69, 9.17) is 15.0 Å². The quantitative estimate of drug-likeness (QED) is 0.195. The fourth-order valence-corrected chi connectivity index (χ4v) is 7.91. The summed E-state index contributed by atoms with van der Waals surface area (Å²) in [6, 6.07) is 46.6. The van der Waals surface area contributed by atoms with Crippen molar-refractivity contribution in [2.75, 3.05) is 0 Å². The van der Waals surface area contributed by atoms with Gasteiger partial charge in [0.15, 0.2) is 0 Å². The van der Waals surface area contributed by atoms with Crippen molar-refractivity contribution in [3.63, 3.8) is 0 Å². The van der Waals surface area contributed by atoms with Gasteiger partial charge in [-0.25, -0.2) is 9.97 Å². The highest BCUT2D eigenvalue weighted by Crippen LogP contribution is 2.47. The highest BCUT2D eigenvalue weighted by atomic mass is 15.2. The van der Waals surface area contributed by atoms with Crippen LogP contribution in [0.4, 0.5) is 0 Å². The van der Waals surface area contributed by atoms with E-state index in [-0.39, 0.29) is 0 Å². The Morgan fingerprint density at radius 2 is 1.35 bits per heavy atom. The molecule has 5 aromatic heterocycles. The van der Waals surface area contributed by atoms with Crippen LogP contribution in [0, 0.1) is 11.3 Å². The predicted molar refractivity (Wildman–Crippen MR) is 194 cm³/mol. The molecule has 48 heavy (non-hydrogen) atoms. The minimum absolute atomic E-state index is 0.561. The first-order valence-electron chi connectivity index (χ1n) is 15.9. The van der Waals surface area contributed by atoms with Gasteiger partial charge in [0, 0.05) is 44.1 Å². The van der Waals surface area contributed by atoms with Gasteiger partial charge in [0.2, 0.25) is 5.95 Å². The number of nitriles is 1. The summed E-state index contributed by atoms with van der Waals surface area (Å²) >= 11 is 0. The Morgan fingerprint density at radius 1 is 0.562 bits per heavy atom. The van der Waals surface area contributed by atoms with Gasteiger partial charge in [-0.05, 0) is 65.4 Å². The molecule has 11 rings (SSSR count). The van der Waals surface area contributed by atoms with E-state index in [1.807, 2.05) is 30.3 Å². The summed E-state index contributed by atoms with van der Waals surface area (Å²) < 4.78 is 4.65. The lowest BCUT2D eigenvalue weighted by Gasteiger charge is -2.11. The summed E-state index contributed by atoms with van der Waals surface area (Å²) in [5.41, 5.74) is 9.22. The molecular weight excluding hydrogens is 589 g/mol. The average Bonchev–Trinajstić information content (AvgIpc) is 3.77. The van der Waals surface area contributed by atoms with Crippen molar-refractivity contribution in [1.82, 2.24) is 23.9 Å². The summed E-state index contributed by atoms with van der Waals surface area (Å²) in [7, 11) is 0. The largest absolute Gasteiger partial charge is 0.308 e.